The lowest BCUT2D eigenvalue weighted by Crippen LogP contribution is -2.28. The van der Waals surface area contributed by atoms with E-state index in [0.717, 1.165) is 66.8 Å². The van der Waals surface area contributed by atoms with Crippen LogP contribution >= 0.6 is 0 Å². The highest BCUT2D eigenvalue weighted by Gasteiger charge is 2.50. The molecule has 80 heavy (non-hydrogen) atoms. The van der Waals surface area contributed by atoms with Gasteiger partial charge in [0.1, 0.15) is 0 Å². The van der Waals surface area contributed by atoms with Gasteiger partial charge >= 0.3 is 12.4 Å². The van der Waals surface area contributed by atoms with Gasteiger partial charge in [-0.05, 0) is 125 Å². The standard InChI is InChI=1S/C70H44F6N4/c1-67(2,3)32-25-42-54-47(24-31(30-77)49-50-34-16-8-12-20-38(34)52(59(49)54)39-21-13-9-17-35(39)50)79-63(42)44(27-32)56-62(70(74,75)76)66-57(61(65(56)79)69(71,72)73)45-28-33(68(4,5)6)26-43-55-48(80(66)64(43)45)29-46(78-7)58-51-36-18-10-14-22-40(36)53(60(55)58)41-23-15-11-19-37(41)51/h8-29,50-53H,1-6H3. The minimum Gasteiger partial charge on any atom is -0.309 e. The molecule has 4 aromatic heterocycles. The summed E-state index contributed by atoms with van der Waals surface area (Å²) in [6, 6.07) is 45.5. The molecular weight excluding hydrogens is 1010 g/mol. The Kier molecular flexibility index (Phi) is 8.24. The van der Waals surface area contributed by atoms with Crippen molar-refractivity contribution in [2.24, 2.45) is 0 Å². The Bertz CT molecular complexity index is 4750. The van der Waals surface area contributed by atoms with Crippen molar-refractivity contribution in [2.75, 3.05) is 0 Å². The summed E-state index contributed by atoms with van der Waals surface area (Å²) in [7, 11) is 0. The Balaban J connectivity index is 1.13. The first-order chi connectivity index (χ1) is 38.2. The van der Waals surface area contributed by atoms with Crippen molar-refractivity contribution in [1.29, 1.82) is 5.26 Å². The molecule has 0 atom stereocenters. The number of nitriles is 1. The molecule has 6 aliphatic carbocycles. The molecule has 0 radical (unpaired) electrons. The Morgan fingerprint density at radius 2 is 0.738 bits per heavy atom. The van der Waals surface area contributed by atoms with Crippen molar-refractivity contribution >= 4 is 81.9 Å². The van der Waals surface area contributed by atoms with Crippen LogP contribution in [0.1, 0.15) is 160 Å². The molecule has 386 valence electrons. The Hall–Kier alpha value is -8.86. The normalized spacial score (nSPS) is 18.2. The van der Waals surface area contributed by atoms with Gasteiger partial charge in [-0.15, -0.1) is 0 Å². The molecule has 4 nitrogen and oxygen atoms in total. The fourth-order valence-electron chi connectivity index (χ4n) is 16.1. The minimum atomic E-state index is -5.23. The fourth-order valence-corrected chi connectivity index (χ4v) is 16.1. The monoisotopic (exact) mass is 1050 g/mol. The van der Waals surface area contributed by atoms with E-state index in [1.165, 1.54) is 8.80 Å². The molecule has 0 spiro atoms. The lowest BCUT2D eigenvalue weighted by molar-refractivity contribution is -0.137. The summed E-state index contributed by atoms with van der Waals surface area (Å²) in [4.78, 5) is 4.16. The van der Waals surface area contributed by atoms with E-state index in [1.807, 2.05) is 102 Å². The average molecular weight is 1060 g/mol. The Labute approximate surface area is 454 Å². The first kappa shape index (κ1) is 46.1. The number of aromatic nitrogens is 2. The molecule has 4 heterocycles. The van der Waals surface area contributed by atoms with Gasteiger partial charge in [0.25, 0.3) is 0 Å². The zero-order valence-electron chi connectivity index (χ0n) is 44.1. The smallest absolute Gasteiger partial charge is 0.309 e. The molecule has 0 aliphatic heterocycles. The first-order valence-corrected chi connectivity index (χ1v) is 27.1. The van der Waals surface area contributed by atoms with Crippen LogP contribution in [-0.2, 0) is 23.2 Å². The third-order valence-corrected chi connectivity index (χ3v) is 19.0. The SMILES string of the molecule is [C-]#[N+]c1cc2c(c3c1C1c4ccccc4C3c3ccccc31)c1cc(C(C)(C)C)cc3c4c(C(F)(F)F)c5c(c(C(F)(F)F)c4n2c13)c1cc(C(C)(C)C)cc2c3c4c(c(C#N)cc3n5c21)C1c2ccccc2C4c2ccccc21. The second kappa shape index (κ2) is 14.3. The maximum absolute atomic E-state index is 17.5. The van der Waals surface area contributed by atoms with Gasteiger partial charge in [0, 0.05) is 72.3 Å². The van der Waals surface area contributed by atoms with E-state index < -0.39 is 68.0 Å². The topological polar surface area (TPSA) is 37.0 Å². The van der Waals surface area contributed by atoms with E-state index in [4.69, 9.17) is 6.57 Å². The number of rotatable bonds is 0. The van der Waals surface area contributed by atoms with Crippen LogP contribution in [0.3, 0.4) is 0 Å². The summed E-state index contributed by atoms with van der Waals surface area (Å²) in [6.07, 6.45) is -10.5. The summed E-state index contributed by atoms with van der Waals surface area (Å²) in [5.74, 6) is -1.54. The molecule has 13 aromatic rings. The van der Waals surface area contributed by atoms with Crippen molar-refractivity contribution in [3.05, 3.63) is 239 Å². The third-order valence-electron chi connectivity index (χ3n) is 19.0. The van der Waals surface area contributed by atoms with Gasteiger partial charge < -0.3 is 8.80 Å². The summed E-state index contributed by atoms with van der Waals surface area (Å²) < 4.78 is 108. The predicted octanol–water partition coefficient (Wildman–Crippen LogP) is 19.0. The molecule has 0 amide bonds. The number of nitrogens with zero attached hydrogens (tertiary/aromatic N) is 4. The minimum absolute atomic E-state index is 0.0528. The zero-order valence-corrected chi connectivity index (χ0v) is 44.1. The molecule has 19 rings (SSSR count). The molecule has 0 saturated carbocycles. The van der Waals surface area contributed by atoms with E-state index in [2.05, 4.69) is 59.4 Å². The van der Waals surface area contributed by atoms with Gasteiger partial charge in [0.15, 0.2) is 5.69 Å². The number of hydrogen-bond acceptors (Lipinski definition) is 1. The van der Waals surface area contributed by atoms with E-state index in [0.29, 0.717) is 32.7 Å². The van der Waals surface area contributed by atoms with E-state index in [-0.39, 0.29) is 55.9 Å². The molecule has 4 bridgehead atoms. The highest BCUT2D eigenvalue weighted by molar-refractivity contribution is 6.33. The second-order valence-corrected chi connectivity index (χ2v) is 24.9. The van der Waals surface area contributed by atoms with Crippen molar-refractivity contribution in [3.63, 3.8) is 0 Å². The van der Waals surface area contributed by atoms with E-state index in [9.17, 15) is 5.26 Å². The number of fused-ring (bicyclic) bond motifs is 12. The van der Waals surface area contributed by atoms with Crippen LogP contribution in [0.5, 0.6) is 0 Å². The van der Waals surface area contributed by atoms with Crippen LogP contribution in [0.4, 0.5) is 32.0 Å². The molecule has 9 aromatic carbocycles. The summed E-state index contributed by atoms with van der Waals surface area (Å²) >= 11 is 0. The highest BCUT2D eigenvalue weighted by atomic mass is 19.4. The molecule has 0 unspecified atom stereocenters. The Morgan fingerprint density at radius 3 is 1.06 bits per heavy atom. The average Bonchev–Trinajstić information content (AvgIpc) is 3.39. The van der Waals surface area contributed by atoms with Crippen molar-refractivity contribution in [3.8, 4) is 6.07 Å². The molecule has 6 aliphatic rings. The molecule has 0 fully saturated rings. The van der Waals surface area contributed by atoms with Crippen molar-refractivity contribution in [1.82, 2.24) is 8.80 Å². The van der Waals surface area contributed by atoms with Gasteiger partial charge in [-0.3, -0.25) is 0 Å². The largest absolute Gasteiger partial charge is 0.419 e. The lowest BCUT2D eigenvalue weighted by atomic mass is 9.59. The summed E-state index contributed by atoms with van der Waals surface area (Å²) in [6.45, 7) is 20.6. The predicted molar refractivity (Wildman–Crippen MR) is 304 cm³/mol. The maximum atomic E-state index is 17.5. The quantitative estimate of drug-likeness (QED) is 0.110. The van der Waals surface area contributed by atoms with Crippen LogP contribution in [0.2, 0.25) is 0 Å². The second-order valence-electron chi connectivity index (χ2n) is 24.9. The van der Waals surface area contributed by atoms with Crippen LogP contribution in [0, 0.1) is 17.9 Å². The number of alkyl halides is 6. The maximum Gasteiger partial charge on any atom is 0.419 e. The highest BCUT2D eigenvalue weighted by Crippen LogP contribution is 2.64. The van der Waals surface area contributed by atoms with Crippen molar-refractivity contribution < 1.29 is 26.3 Å². The molecule has 0 N–H and O–H groups in total. The number of benzene rings is 9. The molecular formula is C70H44F6N4. The fraction of sp³-hybridized carbons (Fsp3) is 0.200. The van der Waals surface area contributed by atoms with Gasteiger partial charge in [0.2, 0.25) is 0 Å². The van der Waals surface area contributed by atoms with Gasteiger partial charge in [-0.1, -0.05) is 139 Å². The van der Waals surface area contributed by atoms with Crippen LogP contribution in [-0.4, -0.2) is 8.80 Å². The first-order valence-electron chi connectivity index (χ1n) is 27.1. The van der Waals surface area contributed by atoms with E-state index >= 15 is 26.3 Å². The Morgan fingerprint density at radius 1 is 0.425 bits per heavy atom. The number of hydrogen-bond donors (Lipinski definition) is 0. The van der Waals surface area contributed by atoms with E-state index in [1.54, 1.807) is 24.3 Å². The van der Waals surface area contributed by atoms with Gasteiger partial charge in [-0.25, -0.2) is 4.85 Å². The summed E-state index contributed by atoms with van der Waals surface area (Å²) in [5.41, 5.74) is 9.44. The number of halogens is 6. The van der Waals surface area contributed by atoms with Gasteiger partial charge in [-0.2, -0.15) is 31.6 Å². The van der Waals surface area contributed by atoms with Crippen LogP contribution < -0.4 is 0 Å². The lowest BCUT2D eigenvalue weighted by Gasteiger charge is -2.43. The molecule has 0 saturated heterocycles. The van der Waals surface area contributed by atoms with Crippen LogP contribution in [0.15, 0.2) is 133 Å². The molecule has 10 heteroatoms. The zero-order chi connectivity index (χ0) is 54.9. The summed E-state index contributed by atoms with van der Waals surface area (Å²) in [5, 5.41) is 12.7. The van der Waals surface area contributed by atoms with Crippen LogP contribution in [0.25, 0.3) is 81.0 Å². The third kappa shape index (κ3) is 5.26. The van der Waals surface area contributed by atoms with Gasteiger partial charge in [0.05, 0.1) is 56.9 Å². The van der Waals surface area contributed by atoms with Crippen molar-refractivity contribution in [2.45, 2.75) is 88.4 Å².